The summed E-state index contributed by atoms with van der Waals surface area (Å²) in [5, 5.41) is 9.59. The lowest BCUT2D eigenvalue weighted by atomic mass is 9.88. The van der Waals surface area contributed by atoms with Crippen molar-refractivity contribution < 1.29 is 27.8 Å². The number of amides is 1. The summed E-state index contributed by atoms with van der Waals surface area (Å²) < 4.78 is 45.1. The molecule has 0 saturated carbocycles. The predicted molar refractivity (Wildman–Crippen MR) is 131 cm³/mol. The quantitative estimate of drug-likeness (QED) is 0.615. The van der Waals surface area contributed by atoms with Crippen LogP contribution in [0.4, 0.5) is 13.2 Å². The Morgan fingerprint density at radius 3 is 2.53 bits per heavy atom. The average Bonchev–Trinajstić information content (AvgIpc) is 3.34. The molecule has 2 aromatic carbocycles. The lowest BCUT2D eigenvalue weighted by molar-refractivity contribution is -0.138. The summed E-state index contributed by atoms with van der Waals surface area (Å²) in [4.78, 5) is 19.8. The van der Waals surface area contributed by atoms with Gasteiger partial charge in [0.25, 0.3) is 0 Å². The van der Waals surface area contributed by atoms with Gasteiger partial charge in [-0.25, -0.2) is 0 Å². The lowest BCUT2D eigenvalue weighted by Gasteiger charge is -2.38. The van der Waals surface area contributed by atoms with Crippen molar-refractivity contribution in [3.63, 3.8) is 0 Å². The Morgan fingerprint density at radius 1 is 1.11 bits per heavy atom. The van der Waals surface area contributed by atoms with Gasteiger partial charge in [0, 0.05) is 44.7 Å². The number of hydrogen-bond donors (Lipinski definition) is 1. The minimum Gasteiger partial charge on any atom is -0.508 e. The molecule has 0 bridgehead atoms. The van der Waals surface area contributed by atoms with Crippen LogP contribution in [0.5, 0.6) is 11.5 Å². The number of halogens is 3. The van der Waals surface area contributed by atoms with E-state index in [1.165, 1.54) is 12.1 Å². The van der Waals surface area contributed by atoms with E-state index in [4.69, 9.17) is 4.74 Å². The molecule has 1 amide bonds. The number of carbonyl (C=O) groups excluding carboxylic acids is 1. The number of aromatic hydroxyl groups is 1. The highest BCUT2D eigenvalue weighted by atomic mass is 19.4. The fraction of sp³-hybridized carbons (Fsp3) is 0.519. The van der Waals surface area contributed by atoms with E-state index >= 15 is 0 Å². The van der Waals surface area contributed by atoms with Gasteiger partial charge in [-0.05, 0) is 62.8 Å². The van der Waals surface area contributed by atoms with Gasteiger partial charge in [0.2, 0.25) is 5.91 Å². The van der Waals surface area contributed by atoms with E-state index in [2.05, 4.69) is 9.80 Å². The predicted octanol–water partition coefficient (Wildman–Crippen LogP) is 4.09. The molecule has 0 radical (unpaired) electrons. The number of phenolic OH excluding ortho intramolecular Hbond substituents is 1. The Hall–Kier alpha value is -2.78. The van der Waals surface area contributed by atoms with Crippen LogP contribution >= 0.6 is 0 Å². The number of phenols is 1. The molecule has 36 heavy (non-hydrogen) atoms. The van der Waals surface area contributed by atoms with Crippen molar-refractivity contribution >= 4 is 5.91 Å². The van der Waals surface area contributed by atoms with Crippen LogP contribution in [-0.4, -0.2) is 78.6 Å². The van der Waals surface area contributed by atoms with Crippen LogP contribution in [-0.2, 0) is 17.5 Å². The summed E-state index contributed by atoms with van der Waals surface area (Å²) in [5.41, 5.74) is 0.280. The maximum Gasteiger partial charge on any atom is 0.416 e. The number of hydrogen-bond acceptors (Lipinski definition) is 5. The Balaban J connectivity index is 1.45. The molecule has 0 spiro atoms. The van der Waals surface area contributed by atoms with Crippen molar-refractivity contribution in [3.05, 3.63) is 59.7 Å². The van der Waals surface area contributed by atoms with Gasteiger partial charge in [-0.1, -0.05) is 18.2 Å². The van der Waals surface area contributed by atoms with E-state index in [1.807, 2.05) is 31.1 Å². The number of nitrogens with zero attached hydrogens (tertiary/aromatic N) is 3. The molecule has 6 nitrogen and oxygen atoms in total. The largest absolute Gasteiger partial charge is 0.508 e. The first-order valence-electron chi connectivity index (χ1n) is 12.3. The molecule has 9 heteroatoms. The van der Waals surface area contributed by atoms with Gasteiger partial charge in [-0.15, -0.1) is 0 Å². The maximum absolute atomic E-state index is 13.5. The molecule has 0 aromatic heterocycles. The smallest absolute Gasteiger partial charge is 0.416 e. The van der Waals surface area contributed by atoms with Crippen molar-refractivity contribution in [2.75, 3.05) is 46.9 Å². The van der Waals surface area contributed by atoms with Crippen molar-refractivity contribution in [1.29, 1.82) is 0 Å². The zero-order valence-corrected chi connectivity index (χ0v) is 20.7. The number of ether oxygens (including phenoxy) is 1. The number of piperidine rings is 1. The summed E-state index contributed by atoms with van der Waals surface area (Å²) in [6.45, 7) is 3.59. The van der Waals surface area contributed by atoms with Gasteiger partial charge in [-0.2, -0.15) is 13.2 Å². The van der Waals surface area contributed by atoms with Gasteiger partial charge < -0.3 is 19.6 Å². The first kappa shape index (κ1) is 26.3. The standard InChI is InChI=1S/C27H34F3N3O3/c1-31(2)23-10-11-33(17-23)26(35)21-12-20(15-32(16-21)14-19-6-8-24(34)9-7-19)18-36-25-5-3-4-22(13-25)27(28,29)30/h3-9,13,20-21,23,34H,10-12,14-18H2,1-2H3/t20-,21+,23?/m0/s1. The van der Waals surface area contributed by atoms with Crippen LogP contribution in [0.1, 0.15) is 24.0 Å². The van der Waals surface area contributed by atoms with Crippen LogP contribution in [0.2, 0.25) is 0 Å². The SMILES string of the molecule is CN(C)C1CCN(C(=O)[C@@H]2C[C@H](COc3cccc(C(F)(F)F)c3)CN(Cc3ccc(O)cc3)C2)C1. The molecular formula is C27H34F3N3O3. The van der Waals surface area contributed by atoms with Crippen LogP contribution in [0.25, 0.3) is 0 Å². The molecule has 0 aliphatic carbocycles. The topological polar surface area (TPSA) is 56.2 Å². The summed E-state index contributed by atoms with van der Waals surface area (Å²) in [7, 11) is 4.06. The molecule has 4 rings (SSSR count). The van der Waals surface area contributed by atoms with Crippen LogP contribution in [0.3, 0.4) is 0 Å². The third-order valence-electron chi connectivity index (χ3n) is 7.16. The number of rotatable bonds is 7. The number of benzene rings is 2. The van der Waals surface area contributed by atoms with Crippen LogP contribution in [0.15, 0.2) is 48.5 Å². The monoisotopic (exact) mass is 505 g/mol. The molecule has 2 aliphatic heterocycles. The van der Waals surface area contributed by atoms with E-state index in [1.54, 1.807) is 12.1 Å². The number of likely N-dealkylation sites (N-methyl/N-ethyl adjacent to an activating group) is 1. The Bertz CT molecular complexity index is 1030. The van der Waals surface area contributed by atoms with E-state index in [9.17, 15) is 23.1 Å². The molecule has 196 valence electrons. The number of alkyl halides is 3. The van der Waals surface area contributed by atoms with E-state index < -0.39 is 11.7 Å². The summed E-state index contributed by atoms with van der Waals surface area (Å²) in [5.74, 6) is 0.302. The average molecular weight is 506 g/mol. The summed E-state index contributed by atoms with van der Waals surface area (Å²) in [6, 6.07) is 12.3. The highest BCUT2D eigenvalue weighted by Gasteiger charge is 2.37. The highest BCUT2D eigenvalue weighted by Crippen LogP contribution is 2.32. The third kappa shape index (κ3) is 6.70. The number of carbonyl (C=O) groups is 1. The third-order valence-corrected chi connectivity index (χ3v) is 7.16. The Morgan fingerprint density at radius 2 is 1.86 bits per heavy atom. The summed E-state index contributed by atoms with van der Waals surface area (Å²) in [6.07, 6.45) is -2.85. The molecule has 2 saturated heterocycles. The van der Waals surface area contributed by atoms with Crippen molar-refractivity contribution in [3.8, 4) is 11.5 Å². The molecule has 2 aromatic rings. The summed E-state index contributed by atoms with van der Waals surface area (Å²) >= 11 is 0. The van der Waals surface area contributed by atoms with Crippen molar-refractivity contribution in [2.45, 2.75) is 31.6 Å². The second kappa shape index (κ2) is 11.1. The van der Waals surface area contributed by atoms with Gasteiger partial charge in [0.15, 0.2) is 0 Å². The Labute approximate surface area is 210 Å². The van der Waals surface area contributed by atoms with E-state index in [0.717, 1.165) is 30.7 Å². The van der Waals surface area contributed by atoms with Crippen LogP contribution in [0, 0.1) is 11.8 Å². The van der Waals surface area contributed by atoms with Gasteiger partial charge >= 0.3 is 6.18 Å². The van der Waals surface area contributed by atoms with Gasteiger partial charge in [-0.3, -0.25) is 9.69 Å². The van der Waals surface area contributed by atoms with E-state index in [-0.39, 0.29) is 35.8 Å². The fourth-order valence-electron chi connectivity index (χ4n) is 5.19. The first-order valence-corrected chi connectivity index (χ1v) is 12.3. The van der Waals surface area contributed by atoms with Crippen molar-refractivity contribution in [2.24, 2.45) is 11.8 Å². The molecular weight excluding hydrogens is 471 g/mol. The minimum atomic E-state index is -4.43. The molecule has 1 unspecified atom stereocenters. The second-order valence-electron chi connectivity index (χ2n) is 10.2. The number of likely N-dealkylation sites (tertiary alicyclic amines) is 2. The van der Waals surface area contributed by atoms with Crippen molar-refractivity contribution in [1.82, 2.24) is 14.7 Å². The highest BCUT2D eigenvalue weighted by molar-refractivity contribution is 5.79. The minimum absolute atomic E-state index is 0.00777. The van der Waals surface area contributed by atoms with Gasteiger partial charge in [0.1, 0.15) is 11.5 Å². The molecule has 3 atom stereocenters. The van der Waals surface area contributed by atoms with Crippen LogP contribution < -0.4 is 4.74 Å². The maximum atomic E-state index is 13.5. The fourth-order valence-corrected chi connectivity index (χ4v) is 5.19. The zero-order valence-electron chi connectivity index (χ0n) is 20.7. The first-order chi connectivity index (χ1) is 17.1. The molecule has 2 fully saturated rings. The normalized spacial score (nSPS) is 23.3. The molecule has 2 aliphatic rings. The van der Waals surface area contributed by atoms with Gasteiger partial charge in [0.05, 0.1) is 18.1 Å². The molecule has 1 N–H and O–H groups in total. The lowest BCUT2D eigenvalue weighted by Crippen LogP contribution is -2.48. The molecule has 2 heterocycles. The van der Waals surface area contributed by atoms with E-state index in [0.29, 0.717) is 38.6 Å². The Kier molecular flexibility index (Phi) is 8.10. The zero-order chi connectivity index (χ0) is 25.9. The second-order valence-corrected chi connectivity index (χ2v) is 10.2.